The maximum Gasteiger partial charge on any atom is 0.251 e. The summed E-state index contributed by atoms with van der Waals surface area (Å²) in [5.74, 6) is -2.66. The van der Waals surface area contributed by atoms with E-state index in [4.69, 9.17) is 0 Å². The molecule has 2 aromatic carbocycles. The Morgan fingerprint density at radius 3 is 2.43 bits per heavy atom. The Morgan fingerprint density at radius 2 is 1.75 bits per heavy atom. The predicted molar refractivity (Wildman–Crippen MR) is 102 cm³/mol. The van der Waals surface area contributed by atoms with Crippen LogP contribution in [0.4, 0.5) is 18.9 Å². The Hall–Kier alpha value is -3.41. The molecule has 0 atom stereocenters. The topological polar surface area (TPSA) is 33.2 Å². The molecule has 0 saturated carbocycles. The molecular weight excluding hydrogens is 365 g/mol. The average Bonchev–Trinajstić information content (AvgIpc) is 2.67. The summed E-state index contributed by atoms with van der Waals surface area (Å²) in [5, 5.41) is 0. The summed E-state index contributed by atoms with van der Waals surface area (Å²) in [5.41, 5.74) is 1.09. The maximum absolute atomic E-state index is 14.4. The summed E-state index contributed by atoms with van der Waals surface area (Å²) in [6.07, 6.45) is 2.78. The Morgan fingerprint density at radius 1 is 1.00 bits per heavy atom. The molecule has 0 unspecified atom stereocenters. The number of amides is 1. The van der Waals surface area contributed by atoms with E-state index in [2.05, 4.69) is 4.98 Å². The lowest BCUT2D eigenvalue weighted by Crippen LogP contribution is -2.30. The SMILES string of the molecule is C/C(=C\C(=O)N(Cc1ccccn1)c1ccc(F)cc1F)c1ccccc1F. The van der Waals surface area contributed by atoms with Gasteiger partial charge < -0.3 is 0 Å². The second-order valence-corrected chi connectivity index (χ2v) is 6.15. The highest BCUT2D eigenvalue weighted by Gasteiger charge is 2.20. The standard InChI is InChI=1S/C22H17F3N2O/c1-15(18-7-2-3-8-19(18)24)12-22(28)27(14-17-6-4-5-11-26-17)21-10-9-16(23)13-20(21)25/h2-13H,14H2,1H3/b15-12+. The molecule has 28 heavy (non-hydrogen) atoms. The highest BCUT2D eigenvalue weighted by molar-refractivity contribution is 6.05. The molecule has 0 fully saturated rings. The van der Waals surface area contributed by atoms with E-state index in [9.17, 15) is 18.0 Å². The number of rotatable bonds is 5. The van der Waals surface area contributed by atoms with Crippen LogP contribution in [0.2, 0.25) is 0 Å². The van der Waals surface area contributed by atoms with Crippen LogP contribution in [-0.4, -0.2) is 10.9 Å². The van der Waals surface area contributed by atoms with Crippen LogP contribution in [0.1, 0.15) is 18.2 Å². The Kier molecular flexibility index (Phi) is 5.89. The van der Waals surface area contributed by atoms with E-state index in [0.717, 1.165) is 11.0 Å². The van der Waals surface area contributed by atoms with Crippen molar-refractivity contribution in [3.63, 3.8) is 0 Å². The van der Waals surface area contributed by atoms with E-state index in [-0.39, 0.29) is 17.8 Å². The van der Waals surface area contributed by atoms with Crippen molar-refractivity contribution in [1.82, 2.24) is 4.98 Å². The normalized spacial score (nSPS) is 11.4. The van der Waals surface area contributed by atoms with Crippen molar-refractivity contribution in [2.75, 3.05) is 4.90 Å². The van der Waals surface area contributed by atoms with Crippen LogP contribution < -0.4 is 4.90 Å². The number of benzene rings is 2. The molecule has 0 aliphatic carbocycles. The zero-order chi connectivity index (χ0) is 20.1. The number of carbonyl (C=O) groups excluding carboxylic acids is 1. The molecule has 1 amide bonds. The van der Waals surface area contributed by atoms with E-state index >= 15 is 0 Å². The number of carbonyl (C=O) groups is 1. The van der Waals surface area contributed by atoms with Crippen LogP contribution in [0.3, 0.4) is 0 Å². The third-order valence-corrected chi connectivity index (χ3v) is 4.15. The van der Waals surface area contributed by atoms with Crippen molar-refractivity contribution in [2.24, 2.45) is 0 Å². The van der Waals surface area contributed by atoms with Gasteiger partial charge in [-0.2, -0.15) is 0 Å². The van der Waals surface area contributed by atoms with Crippen molar-refractivity contribution in [3.8, 4) is 0 Å². The summed E-state index contributed by atoms with van der Waals surface area (Å²) >= 11 is 0. The van der Waals surface area contributed by atoms with Gasteiger partial charge in [-0.3, -0.25) is 14.7 Å². The van der Waals surface area contributed by atoms with E-state index in [0.29, 0.717) is 17.3 Å². The van der Waals surface area contributed by atoms with Gasteiger partial charge in [0.2, 0.25) is 0 Å². The average molecular weight is 382 g/mol. The molecule has 0 bridgehead atoms. The first-order valence-corrected chi connectivity index (χ1v) is 8.55. The number of nitrogens with zero attached hydrogens (tertiary/aromatic N) is 2. The number of hydrogen-bond donors (Lipinski definition) is 0. The van der Waals surface area contributed by atoms with Gasteiger partial charge in [-0.25, -0.2) is 13.2 Å². The van der Waals surface area contributed by atoms with E-state index < -0.39 is 23.4 Å². The minimum Gasteiger partial charge on any atom is -0.300 e. The van der Waals surface area contributed by atoms with Gasteiger partial charge in [0.05, 0.1) is 17.9 Å². The molecule has 3 nitrogen and oxygen atoms in total. The smallest absolute Gasteiger partial charge is 0.251 e. The minimum absolute atomic E-state index is 0.0245. The fraction of sp³-hybridized carbons (Fsp3) is 0.0909. The number of allylic oxidation sites excluding steroid dienone is 1. The van der Waals surface area contributed by atoms with Crippen LogP contribution in [0.15, 0.2) is 72.9 Å². The maximum atomic E-state index is 14.4. The quantitative estimate of drug-likeness (QED) is 0.573. The van der Waals surface area contributed by atoms with Gasteiger partial charge in [0, 0.05) is 23.9 Å². The van der Waals surface area contributed by atoms with Crippen LogP contribution >= 0.6 is 0 Å². The summed E-state index contributed by atoms with van der Waals surface area (Å²) < 4.78 is 41.7. The van der Waals surface area contributed by atoms with E-state index in [1.807, 2.05) is 0 Å². The third kappa shape index (κ3) is 4.46. The molecule has 3 aromatic rings. The minimum atomic E-state index is -0.874. The number of halogens is 3. The zero-order valence-corrected chi connectivity index (χ0v) is 15.1. The largest absolute Gasteiger partial charge is 0.300 e. The van der Waals surface area contributed by atoms with Gasteiger partial charge >= 0.3 is 0 Å². The lowest BCUT2D eigenvalue weighted by Gasteiger charge is -2.22. The molecule has 0 aliphatic heterocycles. The van der Waals surface area contributed by atoms with Crippen molar-refractivity contribution in [3.05, 3.63) is 102 Å². The number of anilines is 1. The Bertz CT molecular complexity index is 1020. The Balaban J connectivity index is 1.99. The van der Waals surface area contributed by atoms with Crippen molar-refractivity contribution >= 4 is 17.2 Å². The van der Waals surface area contributed by atoms with Gasteiger partial charge in [0.1, 0.15) is 17.5 Å². The van der Waals surface area contributed by atoms with Crippen molar-refractivity contribution in [1.29, 1.82) is 0 Å². The van der Waals surface area contributed by atoms with Crippen molar-refractivity contribution in [2.45, 2.75) is 13.5 Å². The highest BCUT2D eigenvalue weighted by atomic mass is 19.1. The summed E-state index contributed by atoms with van der Waals surface area (Å²) in [4.78, 5) is 18.2. The first-order valence-electron chi connectivity index (χ1n) is 8.55. The summed E-state index contributed by atoms with van der Waals surface area (Å²) in [6, 6.07) is 14.2. The fourth-order valence-corrected chi connectivity index (χ4v) is 2.76. The van der Waals surface area contributed by atoms with Gasteiger partial charge in [-0.05, 0) is 42.8 Å². The molecule has 3 rings (SSSR count). The predicted octanol–water partition coefficient (Wildman–Crippen LogP) is 5.14. The second-order valence-electron chi connectivity index (χ2n) is 6.15. The molecule has 0 saturated heterocycles. The van der Waals surface area contributed by atoms with Crippen LogP contribution in [-0.2, 0) is 11.3 Å². The number of hydrogen-bond acceptors (Lipinski definition) is 2. The summed E-state index contributed by atoms with van der Waals surface area (Å²) in [6.45, 7) is 1.57. The van der Waals surface area contributed by atoms with E-state index in [1.165, 1.54) is 18.2 Å². The molecule has 1 heterocycles. The molecule has 0 spiro atoms. The lowest BCUT2D eigenvalue weighted by atomic mass is 10.1. The molecule has 142 valence electrons. The van der Waals surface area contributed by atoms with Crippen LogP contribution in [0.25, 0.3) is 5.57 Å². The first-order chi connectivity index (χ1) is 13.5. The lowest BCUT2D eigenvalue weighted by molar-refractivity contribution is -0.114. The van der Waals surface area contributed by atoms with Crippen molar-refractivity contribution < 1.29 is 18.0 Å². The molecule has 0 aliphatic rings. The van der Waals surface area contributed by atoms with Crippen LogP contribution in [0, 0.1) is 17.5 Å². The monoisotopic (exact) mass is 382 g/mol. The van der Waals surface area contributed by atoms with Gasteiger partial charge in [0.15, 0.2) is 0 Å². The fourth-order valence-electron chi connectivity index (χ4n) is 2.76. The first kappa shape index (κ1) is 19.4. The van der Waals surface area contributed by atoms with E-state index in [1.54, 1.807) is 49.5 Å². The third-order valence-electron chi connectivity index (χ3n) is 4.15. The molecular formula is C22H17F3N2O. The molecule has 1 aromatic heterocycles. The molecule has 6 heteroatoms. The number of aromatic nitrogens is 1. The second kappa shape index (κ2) is 8.52. The van der Waals surface area contributed by atoms with Crippen LogP contribution in [0.5, 0.6) is 0 Å². The van der Waals surface area contributed by atoms with Gasteiger partial charge in [0.25, 0.3) is 5.91 Å². The van der Waals surface area contributed by atoms with Gasteiger partial charge in [-0.1, -0.05) is 24.3 Å². The molecule has 0 radical (unpaired) electrons. The Labute approximate surface area is 160 Å². The summed E-state index contributed by atoms with van der Waals surface area (Å²) in [7, 11) is 0. The number of pyridine rings is 1. The highest BCUT2D eigenvalue weighted by Crippen LogP contribution is 2.24. The molecule has 0 N–H and O–H groups in total. The zero-order valence-electron chi connectivity index (χ0n) is 15.1. The van der Waals surface area contributed by atoms with Gasteiger partial charge in [-0.15, -0.1) is 0 Å².